The van der Waals surface area contributed by atoms with Crippen molar-refractivity contribution in [3.63, 3.8) is 0 Å². The molecular weight excluding hydrogens is 124 g/mol. The third-order valence-electron chi connectivity index (χ3n) is 1.44. The molecule has 1 atom stereocenters. The number of ether oxygens (including phenoxy) is 1. The van der Waals surface area contributed by atoms with E-state index in [4.69, 9.17) is 11.2 Å². The lowest BCUT2D eigenvalue weighted by Crippen LogP contribution is -2.06. The second-order valence-corrected chi connectivity index (χ2v) is 2.24. The largest absolute Gasteiger partial charge is 0.369 e. The van der Waals surface area contributed by atoms with E-state index in [1.807, 2.05) is 0 Å². The molecule has 0 aromatic rings. The summed E-state index contributed by atoms with van der Waals surface area (Å²) in [6.45, 7) is 3.74. The predicted octanol–water partition coefficient (Wildman–Crippen LogP) is 2.03. The van der Waals surface area contributed by atoms with Crippen molar-refractivity contribution >= 4 is 0 Å². The summed E-state index contributed by atoms with van der Waals surface area (Å²) in [5.74, 6) is 2.57. The molecule has 1 nitrogen and oxygen atoms in total. The zero-order valence-electron chi connectivity index (χ0n) is 6.60. The molecule has 0 aromatic heterocycles. The van der Waals surface area contributed by atoms with Crippen LogP contribution in [-0.2, 0) is 4.74 Å². The third kappa shape index (κ3) is 4.40. The molecule has 10 heavy (non-hydrogen) atoms. The Hall–Kier alpha value is -0.480. The van der Waals surface area contributed by atoms with Gasteiger partial charge in [-0.1, -0.05) is 25.7 Å². The number of methoxy groups -OCH3 is 1. The van der Waals surface area contributed by atoms with Crippen LogP contribution < -0.4 is 0 Å². The highest BCUT2D eigenvalue weighted by Crippen LogP contribution is 2.04. The van der Waals surface area contributed by atoms with E-state index < -0.39 is 0 Å². The first-order valence-electron chi connectivity index (χ1n) is 3.63. The number of hydrogen-bond acceptors (Lipinski definition) is 1. The summed E-state index contributed by atoms with van der Waals surface area (Å²) in [6.07, 6.45) is 9.39. The number of rotatable bonds is 5. The topological polar surface area (TPSA) is 9.23 Å². The second-order valence-electron chi connectivity index (χ2n) is 2.24. The van der Waals surface area contributed by atoms with E-state index in [0.717, 1.165) is 25.7 Å². The first-order chi connectivity index (χ1) is 4.85. The Balaban J connectivity index is 3.20. The molecule has 1 unspecified atom stereocenters. The van der Waals surface area contributed by atoms with Crippen LogP contribution >= 0.6 is 0 Å². The Kier molecular flexibility index (Phi) is 6.32. The first kappa shape index (κ1) is 9.52. The van der Waals surface area contributed by atoms with E-state index in [1.165, 1.54) is 0 Å². The second kappa shape index (κ2) is 6.64. The van der Waals surface area contributed by atoms with Crippen LogP contribution in [0.5, 0.6) is 0 Å². The molecule has 0 rings (SSSR count). The smallest absolute Gasteiger partial charge is 0.117 e. The molecule has 1 heteroatoms. The minimum atomic E-state index is 0.00606. The minimum Gasteiger partial charge on any atom is -0.369 e. The van der Waals surface area contributed by atoms with Crippen molar-refractivity contribution < 1.29 is 4.74 Å². The van der Waals surface area contributed by atoms with E-state index in [9.17, 15) is 0 Å². The highest BCUT2D eigenvalue weighted by molar-refractivity contribution is 4.93. The Morgan fingerprint density at radius 1 is 1.60 bits per heavy atom. The van der Waals surface area contributed by atoms with Crippen molar-refractivity contribution in [2.45, 2.75) is 31.8 Å². The van der Waals surface area contributed by atoms with Gasteiger partial charge in [0.1, 0.15) is 6.10 Å². The van der Waals surface area contributed by atoms with Gasteiger partial charge in [0.05, 0.1) is 0 Å². The lowest BCUT2D eigenvalue weighted by Gasteiger charge is -2.06. The average Bonchev–Trinajstić information content (AvgIpc) is 1.99. The first-order valence-corrected chi connectivity index (χ1v) is 3.63. The van der Waals surface area contributed by atoms with E-state index in [0.29, 0.717) is 0 Å². The summed E-state index contributed by atoms with van der Waals surface area (Å²) in [7, 11) is 1.65. The Labute approximate surface area is 63.8 Å². The van der Waals surface area contributed by atoms with Gasteiger partial charge in [0.2, 0.25) is 0 Å². The summed E-state index contributed by atoms with van der Waals surface area (Å²) >= 11 is 0. The van der Waals surface area contributed by atoms with Crippen LogP contribution in [0.25, 0.3) is 0 Å². The van der Waals surface area contributed by atoms with Crippen molar-refractivity contribution in [1.82, 2.24) is 0 Å². The van der Waals surface area contributed by atoms with Gasteiger partial charge in [-0.15, -0.1) is 6.42 Å². The van der Waals surface area contributed by atoms with E-state index >= 15 is 0 Å². The lowest BCUT2D eigenvalue weighted by atomic mass is 10.1. The van der Waals surface area contributed by atoms with E-state index in [2.05, 4.69) is 12.8 Å². The fourth-order valence-electron chi connectivity index (χ4n) is 0.776. The quantitative estimate of drug-likeness (QED) is 0.418. The fraction of sp³-hybridized carbons (Fsp3) is 0.667. The molecule has 0 saturated carbocycles. The molecule has 0 aliphatic carbocycles. The van der Waals surface area contributed by atoms with Crippen LogP contribution in [0.2, 0.25) is 0 Å². The van der Waals surface area contributed by atoms with Crippen LogP contribution in [0.15, 0.2) is 0 Å². The van der Waals surface area contributed by atoms with Gasteiger partial charge in [0, 0.05) is 7.11 Å². The van der Waals surface area contributed by atoms with Crippen LogP contribution in [0, 0.1) is 19.3 Å². The standard InChI is InChI=1S/C9H15O/c1-4-6-7-8-9(5-2)10-3/h2,9H,1,4,6-8H2,3H3. The van der Waals surface area contributed by atoms with E-state index in [1.54, 1.807) is 7.11 Å². The van der Waals surface area contributed by atoms with Crippen molar-refractivity contribution in [2.75, 3.05) is 7.11 Å². The van der Waals surface area contributed by atoms with Crippen LogP contribution in [-0.4, -0.2) is 13.2 Å². The minimum absolute atomic E-state index is 0.00606. The molecule has 0 N–H and O–H groups in total. The maximum absolute atomic E-state index is 5.17. The highest BCUT2D eigenvalue weighted by atomic mass is 16.5. The molecule has 57 valence electrons. The summed E-state index contributed by atoms with van der Waals surface area (Å²) in [5.41, 5.74) is 0. The molecule has 0 aliphatic heterocycles. The molecule has 0 aliphatic rings. The summed E-state index contributed by atoms with van der Waals surface area (Å²) in [5, 5.41) is 0. The number of terminal acetylenes is 1. The summed E-state index contributed by atoms with van der Waals surface area (Å²) in [4.78, 5) is 0. The lowest BCUT2D eigenvalue weighted by molar-refractivity contribution is 0.138. The molecule has 0 heterocycles. The van der Waals surface area contributed by atoms with Gasteiger partial charge in [-0.25, -0.2) is 0 Å². The molecule has 0 saturated heterocycles. The van der Waals surface area contributed by atoms with Gasteiger partial charge in [0.25, 0.3) is 0 Å². The van der Waals surface area contributed by atoms with E-state index in [-0.39, 0.29) is 6.10 Å². The molecular formula is C9H15O. The molecule has 0 fully saturated rings. The van der Waals surface area contributed by atoms with Crippen LogP contribution in [0.1, 0.15) is 25.7 Å². The van der Waals surface area contributed by atoms with Crippen molar-refractivity contribution in [3.05, 3.63) is 6.92 Å². The van der Waals surface area contributed by atoms with Crippen molar-refractivity contribution in [3.8, 4) is 12.3 Å². The third-order valence-corrected chi connectivity index (χ3v) is 1.44. The SMILES string of the molecule is C#CC(CCCC[CH2])OC. The number of hydrogen-bond donors (Lipinski definition) is 0. The normalized spacial score (nSPS) is 12.5. The Morgan fingerprint density at radius 2 is 2.30 bits per heavy atom. The fourth-order valence-corrected chi connectivity index (χ4v) is 0.776. The van der Waals surface area contributed by atoms with Crippen LogP contribution in [0.4, 0.5) is 0 Å². The molecule has 0 spiro atoms. The van der Waals surface area contributed by atoms with Crippen LogP contribution in [0.3, 0.4) is 0 Å². The highest BCUT2D eigenvalue weighted by Gasteiger charge is 1.99. The molecule has 0 amide bonds. The monoisotopic (exact) mass is 139 g/mol. The predicted molar refractivity (Wildman–Crippen MR) is 43.5 cm³/mol. The molecule has 0 bridgehead atoms. The van der Waals surface area contributed by atoms with Crippen molar-refractivity contribution in [1.29, 1.82) is 0 Å². The Morgan fingerprint density at radius 3 is 2.70 bits per heavy atom. The van der Waals surface area contributed by atoms with Gasteiger partial charge in [-0.05, 0) is 12.8 Å². The average molecular weight is 139 g/mol. The zero-order valence-corrected chi connectivity index (χ0v) is 6.60. The van der Waals surface area contributed by atoms with Crippen molar-refractivity contribution in [2.24, 2.45) is 0 Å². The zero-order chi connectivity index (χ0) is 7.82. The van der Waals surface area contributed by atoms with Gasteiger partial charge in [0.15, 0.2) is 0 Å². The van der Waals surface area contributed by atoms with Gasteiger partial charge < -0.3 is 4.74 Å². The number of unbranched alkanes of at least 4 members (excludes halogenated alkanes) is 2. The summed E-state index contributed by atoms with van der Waals surface area (Å²) in [6, 6.07) is 0. The van der Waals surface area contributed by atoms with Gasteiger partial charge >= 0.3 is 0 Å². The molecule has 1 radical (unpaired) electrons. The maximum Gasteiger partial charge on any atom is 0.117 e. The maximum atomic E-state index is 5.17. The van der Waals surface area contributed by atoms with Gasteiger partial charge in [-0.2, -0.15) is 0 Å². The van der Waals surface area contributed by atoms with Gasteiger partial charge in [-0.3, -0.25) is 0 Å². The Bertz CT molecular complexity index is 102. The summed E-state index contributed by atoms with van der Waals surface area (Å²) < 4.78 is 4.99. The molecule has 0 aromatic carbocycles.